The van der Waals surface area contributed by atoms with Gasteiger partial charge in [0.1, 0.15) is 5.82 Å². The Morgan fingerprint density at radius 3 is 2.45 bits per heavy atom. The second-order valence-electron chi connectivity index (χ2n) is 5.38. The van der Waals surface area contributed by atoms with Crippen molar-refractivity contribution in [1.82, 2.24) is 9.88 Å². The standard InChI is InChI=1S/C14H17BrF3N3O/c1-9(22)20(2)11-3-5-21(6-4-11)13-12(15)7-10(8-19-13)14(16,17)18/h7-8,11H,3-6H2,1-2H3. The lowest BCUT2D eigenvalue weighted by atomic mass is 10.0. The molecule has 4 nitrogen and oxygen atoms in total. The van der Waals surface area contributed by atoms with Crippen molar-refractivity contribution in [1.29, 1.82) is 0 Å². The first-order chi connectivity index (χ1) is 10.2. The zero-order valence-corrected chi connectivity index (χ0v) is 13.9. The maximum absolute atomic E-state index is 12.6. The molecule has 0 aromatic carbocycles. The van der Waals surface area contributed by atoms with E-state index in [-0.39, 0.29) is 11.9 Å². The van der Waals surface area contributed by atoms with E-state index in [1.54, 1.807) is 11.9 Å². The van der Waals surface area contributed by atoms with Gasteiger partial charge in [0.25, 0.3) is 0 Å². The second kappa shape index (κ2) is 6.44. The zero-order chi connectivity index (χ0) is 16.5. The summed E-state index contributed by atoms with van der Waals surface area (Å²) in [5, 5.41) is 0. The Labute approximate surface area is 135 Å². The van der Waals surface area contributed by atoms with Crippen LogP contribution in [0, 0.1) is 0 Å². The molecular weight excluding hydrogens is 363 g/mol. The number of hydrogen-bond acceptors (Lipinski definition) is 3. The molecule has 0 atom stereocenters. The average Bonchev–Trinajstić information content (AvgIpc) is 2.45. The van der Waals surface area contributed by atoms with Crippen molar-refractivity contribution in [2.24, 2.45) is 0 Å². The number of carbonyl (C=O) groups excluding carboxylic acids is 1. The fourth-order valence-electron chi connectivity index (χ4n) is 2.54. The van der Waals surface area contributed by atoms with Gasteiger partial charge in [-0.2, -0.15) is 13.2 Å². The average molecular weight is 380 g/mol. The third-order valence-electron chi connectivity index (χ3n) is 3.96. The number of piperidine rings is 1. The highest BCUT2D eigenvalue weighted by Crippen LogP contribution is 2.34. The Bertz CT molecular complexity index is 557. The third kappa shape index (κ3) is 3.71. The molecule has 1 saturated heterocycles. The summed E-state index contributed by atoms with van der Waals surface area (Å²) in [6.07, 6.45) is -2.00. The molecule has 1 fully saturated rings. The smallest absolute Gasteiger partial charge is 0.356 e. The van der Waals surface area contributed by atoms with E-state index in [2.05, 4.69) is 20.9 Å². The van der Waals surface area contributed by atoms with Crippen LogP contribution in [0.15, 0.2) is 16.7 Å². The molecule has 22 heavy (non-hydrogen) atoms. The van der Waals surface area contributed by atoms with Crippen LogP contribution in [0.2, 0.25) is 0 Å². The van der Waals surface area contributed by atoms with Crippen molar-refractivity contribution in [3.63, 3.8) is 0 Å². The molecule has 2 heterocycles. The third-order valence-corrected chi connectivity index (χ3v) is 4.54. The van der Waals surface area contributed by atoms with E-state index in [9.17, 15) is 18.0 Å². The van der Waals surface area contributed by atoms with Gasteiger partial charge in [0.2, 0.25) is 5.91 Å². The number of hydrogen-bond donors (Lipinski definition) is 0. The van der Waals surface area contributed by atoms with Crippen molar-refractivity contribution < 1.29 is 18.0 Å². The number of alkyl halides is 3. The van der Waals surface area contributed by atoms with E-state index >= 15 is 0 Å². The Morgan fingerprint density at radius 1 is 1.41 bits per heavy atom. The van der Waals surface area contributed by atoms with Crippen LogP contribution in [0.4, 0.5) is 19.0 Å². The summed E-state index contributed by atoms with van der Waals surface area (Å²) in [7, 11) is 1.77. The Morgan fingerprint density at radius 2 is 2.00 bits per heavy atom. The van der Waals surface area contributed by atoms with Crippen LogP contribution < -0.4 is 4.90 Å². The molecule has 0 N–H and O–H groups in total. The first-order valence-corrected chi connectivity index (χ1v) is 7.70. The number of aromatic nitrogens is 1. The fraction of sp³-hybridized carbons (Fsp3) is 0.571. The quantitative estimate of drug-likeness (QED) is 0.790. The van der Waals surface area contributed by atoms with Gasteiger partial charge in [-0.15, -0.1) is 0 Å². The molecule has 0 unspecified atom stereocenters. The summed E-state index contributed by atoms with van der Waals surface area (Å²) >= 11 is 3.17. The molecule has 1 amide bonds. The van der Waals surface area contributed by atoms with Gasteiger partial charge < -0.3 is 9.80 Å². The van der Waals surface area contributed by atoms with Crippen molar-refractivity contribution in [3.8, 4) is 0 Å². The van der Waals surface area contributed by atoms with E-state index in [0.29, 0.717) is 23.4 Å². The first-order valence-electron chi connectivity index (χ1n) is 6.91. The van der Waals surface area contributed by atoms with Gasteiger partial charge in [-0.05, 0) is 34.8 Å². The number of pyridine rings is 1. The van der Waals surface area contributed by atoms with Gasteiger partial charge in [0.05, 0.1) is 10.0 Å². The highest BCUT2D eigenvalue weighted by atomic mass is 79.9. The SMILES string of the molecule is CC(=O)N(C)C1CCN(c2ncc(C(F)(F)F)cc2Br)CC1. The number of carbonyl (C=O) groups is 1. The minimum Gasteiger partial charge on any atom is -0.356 e. The van der Waals surface area contributed by atoms with Crippen molar-refractivity contribution in [3.05, 3.63) is 22.3 Å². The van der Waals surface area contributed by atoms with Crippen LogP contribution >= 0.6 is 15.9 Å². The lowest BCUT2D eigenvalue weighted by Gasteiger charge is -2.37. The Kier molecular flexibility index (Phi) is 4.99. The maximum atomic E-state index is 12.6. The Balaban J connectivity index is 2.07. The van der Waals surface area contributed by atoms with E-state index in [0.717, 1.165) is 25.1 Å². The predicted molar refractivity (Wildman–Crippen MR) is 80.6 cm³/mol. The topological polar surface area (TPSA) is 36.4 Å². The summed E-state index contributed by atoms with van der Waals surface area (Å²) < 4.78 is 38.3. The van der Waals surface area contributed by atoms with Crippen molar-refractivity contribution >= 4 is 27.7 Å². The summed E-state index contributed by atoms with van der Waals surface area (Å²) in [6.45, 7) is 2.83. The molecule has 0 bridgehead atoms. The minimum absolute atomic E-state index is 0.0206. The summed E-state index contributed by atoms with van der Waals surface area (Å²) in [6, 6.07) is 1.22. The zero-order valence-electron chi connectivity index (χ0n) is 12.3. The highest BCUT2D eigenvalue weighted by molar-refractivity contribution is 9.10. The first kappa shape index (κ1) is 17.1. The van der Waals surface area contributed by atoms with Gasteiger partial charge >= 0.3 is 6.18 Å². The highest BCUT2D eigenvalue weighted by Gasteiger charge is 2.32. The van der Waals surface area contributed by atoms with Crippen molar-refractivity contribution in [2.75, 3.05) is 25.0 Å². The Hall–Kier alpha value is -1.31. The second-order valence-corrected chi connectivity index (χ2v) is 6.23. The lowest BCUT2D eigenvalue weighted by Crippen LogP contribution is -2.45. The number of nitrogens with zero attached hydrogens (tertiary/aromatic N) is 3. The molecular formula is C14H17BrF3N3O. The van der Waals surface area contributed by atoms with Crippen LogP contribution in [0.1, 0.15) is 25.3 Å². The molecule has 0 saturated carbocycles. The normalized spacial score (nSPS) is 16.7. The molecule has 1 aliphatic heterocycles. The van der Waals surface area contributed by atoms with Crippen LogP contribution in [0.25, 0.3) is 0 Å². The van der Waals surface area contributed by atoms with Gasteiger partial charge in [-0.25, -0.2) is 4.98 Å². The summed E-state index contributed by atoms with van der Waals surface area (Å²) in [4.78, 5) is 19.0. The number of amides is 1. The number of halogens is 4. The van der Waals surface area contributed by atoms with E-state index in [1.807, 2.05) is 4.90 Å². The summed E-state index contributed by atoms with van der Waals surface area (Å²) in [5.74, 6) is 0.532. The van der Waals surface area contributed by atoms with Crippen LogP contribution in [-0.4, -0.2) is 42.0 Å². The predicted octanol–water partition coefficient (Wildman–Crippen LogP) is 3.31. The van der Waals surface area contributed by atoms with E-state index < -0.39 is 11.7 Å². The lowest BCUT2D eigenvalue weighted by molar-refractivity contribution is -0.137. The molecule has 2 rings (SSSR count). The molecule has 0 radical (unpaired) electrons. The monoisotopic (exact) mass is 379 g/mol. The van der Waals surface area contributed by atoms with Gasteiger partial charge in [-0.3, -0.25) is 4.79 Å². The minimum atomic E-state index is -4.40. The molecule has 0 aliphatic carbocycles. The van der Waals surface area contributed by atoms with Crippen LogP contribution in [0.5, 0.6) is 0 Å². The van der Waals surface area contributed by atoms with E-state index in [1.165, 1.54) is 6.92 Å². The van der Waals surface area contributed by atoms with E-state index in [4.69, 9.17) is 0 Å². The van der Waals surface area contributed by atoms with Crippen LogP contribution in [-0.2, 0) is 11.0 Å². The number of rotatable bonds is 2. The van der Waals surface area contributed by atoms with Gasteiger partial charge in [0.15, 0.2) is 0 Å². The molecule has 1 aromatic heterocycles. The number of anilines is 1. The van der Waals surface area contributed by atoms with Gasteiger partial charge in [-0.1, -0.05) is 0 Å². The fourth-order valence-corrected chi connectivity index (χ4v) is 3.14. The van der Waals surface area contributed by atoms with Crippen molar-refractivity contribution in [2.45, 2.75) is 32.0 Å². The molecule has 1 aromatic rings. The largest absolute Gasteiger partial charge is 0.417 e. The summed E-state index contributed by atoms with van der Waals surface area (Å²) in [5.41, 5.74) is -0.769. The van der Waals surface area contributed by atoms with Gasteiger partial charge in [0, 0.05) is 39.3 Å². The maximum Gasteiger partial charge on any atom is 0.417 e. The van der Waals surface area contributed by atoms with Crippen LogP contribution in [0.3, 0.4) is 0 Å². The molecule has 0 spiro atoms. The molecule has 122 valence electrons. The molecule has 1 aliphatic rings. The molecule has 8 heteroatoms.